The van der Waals surface area contributed by atoms with Crippen LogP contribution in [0.4, 0.5) is 0 Å². The normalized spacial score (nSPS) is 11.1. The van der Waals surface area contributed by atoms with E-state index in [0.29, 0.717) is 0 Å². The summed E-state index contributed by atoms with van der Waals surface area (Å²) >= 11 is 0. The minimum Gasteiger partial charge on any atom is -0.494 e. The smallest absolute Gasteiger partial charge is 0.120 e. The van der Waals surface area contributed by atoms with Gasteiger partial charge in [0.25, 0.3) is 0 Å². The fourth-order valence-corrected chi connectivity index (χ4v) is 17.4. The fraction of sp³-hybridized carbons (Fsp3) is 0.597. The first-order valence-corrected chi connectivity index (χ1v) is 54.3. The predicted molar refractivity (Wildman–Crippen MR) is 589 cm³/mol. The molecular formula is C124H196N4O6. The molecule has 1 unspecified atom stereocenters. The van der Waals surface area contributed by atoms with Gasteiger partial charge in [-0.25, -0.2) is 0 Å². The van der Waals surface area contributed by atoms with E-state index in [2.05, 4.69) is 286 Å². The van der Waals surface area contributed by atoms with E-state index in [1.807, 2.05) is 0 Å². The summed E-state index contributed by atoms with van der Waals surface area (Å²) in [4.78, 5) is 13.4. The Hall–Kier alpha value is -8.50. The van der Waals surface area contributed by atoms with Crippen molar-refractivity contribution < 1.29 is 28.4 Å². The minimum atomic E-state index is 0. The molecule has 1 atom stereocenters. The summed E-state index contributed by atoms with van der Waals surface area (Å²) in [6, 6.07) is 53.5. The van der Waals surface area contributed by atoms with Crippen LogP contribution >= 0.6 is 0 Å². The molecule has 0 amide bonds. The summed E-state index contributed by atoms with van der Waals surface area (Å²) in [5.41, 5.74) is 14.7. The molecule has 0 aliphatic carbocycles. The van der Waals surface area contributed by atoms with Crippen LogP contribution in [0, 0.1) is 11.8 Å². The lowest BCUT2D eigenvalue weighted by molar-refractivity contribution is 0.276. The number of fused-ring (bicyclic) bond motifs is 4. The third kappa shape index (κ3) is 51.6. The van der Waals surface area contributed by atoms with Gasteiger partial charge in [0.1, 0.15) is 34.5 Å². The maximum absolute atomic E-state index is 6.00. The van der Waals surface area contributed by atoms with Crippen LogP contribution in [0.25, 0.3) is 43.6 Å². The van der Waals surface area contributed by atoms with Crippen LogP contribution in [0.5, 0.6) is 34.5 Å². The quantitative estimate of drug-likeness (QED) is 0.0282. The van der Waals surface area contributed by atoms with E-state index in [4.69, 9.17) is 28.4 Å². The van der Waals surface area contributed by atoms with Crippen LogP contribution in [0.2, 0.25) is 0 Å². The molecule has 748 valence electrons. The lowest BCUT2D eigenvalue weighted by Crippen LogP contribution is -2.04. The summed E-state index contributed by atoms with van der Waals surface area (Å²) < 4.78 is 35.4. The zero-order valence-corrected chi connectivity index (χ0v) is 86.2. The Labute approximate surface area is 820 Å². The number of ether oxygens (including phenoxy) is 6. The molecule has 10 heteroatoms. The van der Waals surface area contributed by atoms with Crippen LogP contribution in [0.1, 0.15) is 426 Å². The lowest BCUT2D eigenvalue weighted by atomic mass is 9.98. The van der Waals surface area contributed by atoms with Crippen LogP contribution in [-0.2, 0) is 44.9 Å². The summed E-state index contributed by atoms with van der Waals surface area (Å²) in [6.07, 6.45) is 73.8. The van der Waals surface area contributed by atoms with Crippen molar-refractivity contribution in [2.45, 2.75) is 432 Å². The van der Waals surface area contributed by atoms with Crippen molar-refractivity contribution in [3.05, 3.63) is 215 Å². The van der Waals surface area contributed by atoms with Crippen LogP contribution in [0.3, 0.4) is 0 Å². The molecule has 0 saturated carbocycles. The van der Waals surface area contributed by atoms with Gasteiger partial charge < -0.3 is 48.4 Å². The molecule has 0 saturated heterocycles. The molecule has 0 bridgehead atoms. The second kappa shape index (κ2) is 77.5. The number of rotatable bonds is 66. The van der Waals surface area contributed by atoms with E-state index in [9.17, 15) is 0 Å². The molecular weight excluding hydrogens is 1640 g/mol. The van der Waals surface area contributed by atoms with E-state index in [-0.39, 0.29) is 14.9 Å². The van der Waals surface area contributed by atoms with E-state index >= 15 is 0 Å². The first-order valence-electron chi connectivity index (χ1n) is 54.3. The maximum atomic E-state index is 6.00. The number of hydrogen-bond donors (Lipinski definition) is 4. The fourth-order valence-electron chi connectivity index (χ4n) is 17.4. The van der Waals surface area contributed by atoms with Crippen molar-refractivity contribution in [2.75, 3.05) is 39.6 Å². The number of unbranched alkanes of at least 4 members (excludes halogenated alkanes) is 29. The highest BCUT2D eigenvalue weighted by Crippen LogP contribution is 2.31. The first kappa shape index (κ1) is 118. The highest BCUT2D eigenvalue weighted by molar-refractivity contribution is 5.87. The van der Waals surface area contributed by atoms with Gasteiger partial charge in [-0.15, -0.1) is 0 Å². The number of aromatic nitrogens is 4. The number of benzene rings is 7. The Morgan fingerprint density at radius 1 is 0.209 bits per heavy atom. The second-order valence-electron chi connectivity index (χ2n) is 38.0. The van der Waals surface area contributed by atoms with Gasteiger partial charge >= 0.3 is 0 Å². The van der Waals surface area contributed by atoms with Gasteiger partial charge in [-0.3, -0.25) is 0 Å². The van der Waals surface area contributed by atoms with Crippen molar-refractivity contribution >= 4 is 43.6 Å². The predicted octanol–water partition coefficient (Wildman–Crippen LogP) is 38.7. The van der Waals surface area contributed by atoms with Gasteiger partial charge in [-0.1, -0.05) is 397 Å². The Balaban J connectivity index is 0.000000336. The Morgan fingerprint density at radius 2 is 0.485 bits per heavy atom. The van der Waals surface area contributed by atoms with Crippen molar-refractivity contribution in [2.24, 2.45) is 11.8 Å². The molecule has 0 fully saturated rings. The van der Waals surface area contributed by atoms with E-state index in [1.165, 1.54) is 359 Å². The van der Waals surface area contributed by atoms with Crippen molar-refractivity contribution in [1.82, 2.24) is 19.9 Å². The van der Waals surface area contributed by atoms with Gasteiger partial charge in [0.2, 0.25) is 0 Å². The summed E-state index contributed by atoms with van der Waals surface area (Å²) in [6.45, 7) is 34.4. The van der Waals surface area contributed by atoms with E-state index in [1.54, 1.807) is 0 Å². The van der Waals surface area contributed by atoms with Crippen LogP contribution < -0.4 is 28.4 Å². The van der Waals surface area contributed by atoms with Crippen LogP contribution in [0.15, 0.2) is 176 Å². The molecule has 7 aromatic carbocycles. The van der Waals surface area contributed by atoms with E-state index < -0.39 is 0 Å². The molecule has 11 aromatic rings. The first-order chi connectivity index (χ1) is 64.9. The van der Waals surface area contributed by atoms with Crippen molar-refractivity contribution in [3.63, 3.8) is 0 Å². The summed E-state index contributed by atoms with van der Waals surface area (Å²) in [5, 5.41) is 5.26. The van der Waals surface area contributed by atoms with Gasteiger partial charge in [0, 0.05) is 68.4 Å². The average Bonchev–Trinajstić information content (AvgIpc) is 1.69. The minimum absolute atomic E-state index is 0. The second-order valence-corrected chi connectivity index (χ2v) is 38.0. The topological polar surface area (TPSA) is 119 Å². The number of aromatic amines is 4. The highest BCUT2D eigenvalue weighted by atomic mass is 16.5. The standard InChI is InChI=1S/C24H31NO.2C21H33NO.C20H31NO.2C18H30O.2CH4/c1-2-11-21-19-25-24-16-15-22(18-23(21)24)26-17-10-5-3-4-7-12-20-13-8-6-9-14-20;1-5-7-18-15-22-21-11-10-19(14-20(18)21)23-13-12-17(4)9-6-8-16(2)3;1-3-5-6-7-8-9-10-11-15-23-19-13-14-21-20(16-19)18(12-4-2)17-22-21;1-3-5-6-7-8-9-10-14-22-18-12-13-20-19(15-18)17(11-4-2)16-21-20;1-3-5-6-7-8-9-10-15-19-18-14-11-13-17(16-18)12-4-2;1-3-5-6-7-8-9-10-16-19-18-14-12-17(11-4-2)13-15-18;;/h6,8-9,13-16,18-19,25H,2-5,7,10-12,17H2,1H3;10-11,14-17,22H,5-9,12-13H2,1-4H3;13-14,16-17,22H,3-12,15H2,1-2H3;12-13,15-16,21H,3-11,14H2,1-2H3;11,13-14,16H,3-10,12,15H2,1-2H3;12-15H,3-11,16H2,1-2H3;2*1H4. The molecule has 11 rings (SSSR count). The third-order valence-electron chi connectivity index (χ3n) is 25.3. The Bertz CT molecular complexity index is 4540. The molecule has 4 aromatic heterocycles. The molecule has 10 nitrogen and oxygen atoms in total. The highest BCUT2D eigenvalue weighted by Gasteiger charge is 2.12. The molecule has 4 N–H and O–H groups in total. The largest absolute Gasteiger partial charge is 0.494 e. The number of nitrogens with one attached hydrogen (secondary N) is 4. The lowest BCUT2D eigenvalue weighted by Gasteiger charge is -2.13. The molecule has 0 aliphatic rings. The van der Waals surface area contributed by atoms with Crippen molar-refractivity contribution in [1.29, 1.82) is 0 Å². The van der Waals surface area contributed by atoms with Crippen molar-refractivity contribution in [3.8, 4) is 34.5 Å². The molecule has 0 spiro atoms. The van der Waals surface area contributed by atoms with Gasteiger partial charge in [0.15, 0.2) is 0 Å². The average molecular weight is 1840 g/mol. The summed E-state index contributed by atoms with van der Waals surface area (Å²) in [5.74, 6) is 7.65. The Morgan fingerprint density at radius 3 is 0.813 bits per heavy atom. The van der Waals surface area contributed by atoms with Gasteiger partial charge in [0.05, 0.1) is 39.6 Å². The molecule has 0 aliphatic heterocycles. The zero-order valence-electron chi connectivity index (χ0n) is 86.2. The monoisotopic (exact) mass is 1840 g/mol. The Kier molecular flexibility index (Phi) is 68.2. The van der Waals surface area contributed by atoms with Gasteiger partial charge in [-0.05, 0) is 238 Å². The third-order valence-corrected chi connectivity index (χ3v) is 25.3. The van der Waals surface area contributed by atoms with E-state index in [0.717, 1.165) is 137 Å². The maximum Gasteiger partial charge on any atom is 0.120 e. The molecule has 4 heterocycles. The molecule has 0 radical (unpaired) electrons. The zero-order chi connectivity index (χ0) is 94.2. The molecule has 134 heavy (non-hydrogen) atoms. The van der Waals surface area contributed by atoms with Crippen LogP contribution in [-0.4, -0.2) is 59.6 Å². The summed E-state index contributed by atoms with van der Waals surface area (Å²) in [7, 11) is 0. The SMILES string of the molecule is C.C.CCCCCCCCCCOc1ccc2[nH]cc(CCC)c2c1.CCCCCCCCCOc1ccc(CCC)cc1.CCCCCCCCCOc1ccc2[nH]cc(CCC)c2c1.CCCCCCCCCOc1cccc(CCC)c1.CCCc1c[nH]c2ccc(OCCC(C)CCCC(C)C)cc12.CCCc1c[nH]c2ccc(OCCCCCCCc3ccccc3)cc12. The number of aryl methyl sites for hydroxylation is 7. The van der Waals surface area contributed by atoms with Gasteiger partial charge in [-0.2, -0.15) is 0 Å². The number of hydrogen-bond acceptors (Lipinski definition) is 6. The number of H-pyrrole nitrogens is 4.